The van der Waals surface area contributed by atoms with Gasteiger partial charge in [-0.25, -0.2) is 17.5 Å². The first kappa shape index (κ1) is 16.9. The molecule has 0 saturated heterocycles. The van der Waals surface area contributed by atoms with E-state index in [2.05, 4.69) is 4.72 Å². The molecule has 0 spiro atoms. The molecule has 4 nitrogen and oxygen atoms in total. The molecule has 6 heteroatoms. The van der Waals surface area contributed by atoms with Crippen LogP contribution in [0.25, 0.3) is 0 Å². The van der Waals surface area contributed by atoms with Crippen LogP contribution in [0.15, 0.2) is 17.0 Å². The van der Waals surface area contributed by atoms with Crippen molar-refractivity contribution in [3.63, 3.8) is 0 Å². The van der Waals surface area contributed by atoms with E-state index < -0.39 is 15.8 Å². The van der Waals surface area contributed by atoms with E-state index in [0.29, 0.717) is 18.0 Å². The maximum Gasteiger partial charge on any atom is 0.240 e. The van der Waals surface area contributed by atoms with Crippen molar-refractivity contribution < 1.29 is 12.8 Å². The van der Waals surface area contributed by atoms with E-state index in [-0.39, 0.29) is 16.0 Å². The van der Waals surface area contributed by atoms with Crippen molar-refractivity contribution in [1.82, 2.24) is 4.72 Å². The molecule has 0 saturated carbocycles. The molecule has 0 unspecified atom stereocenters. The molecule has 0 atom stereocenters. The van der Waals surface area contributed by atoms with Crippen LogP contribution in [0.5, 0.6) is 0 Å². The fourth-order valence-electron chi connectivity index (χ4n) is 1.52. The third kappa shape index (κ3) is 3.70. The van der Waals surface area contributed by atoms with Crippen LogP contribution in [0.4, 0.5) is 10.1 Å². The van der Waals surface area contributed by atoms with Crippen LogP contribution in [0.3, 0.4) is 0 Å². The molecule has 0 aliphatic rings. The zero-order valence-corrected chi connectivity index (χ0v) is 13.4. The van der Waals surface area contributed by atoms with Crippen molar-refractivity contribution in [2.45, 2.75) is 39.5 Å². The van der Waals surface area contributed by atoms with Gasteiger partial charge in [-0.05, 0) is 36.0 Å². The maximum absolute atomic E-state index is 13.3. The molecule has 0 bridgehead atoms. The normalized spacial score (nSPS) is 12.9. The highest BCUT2D eigenvalue weighted by atomic mass is 32.2. The van der Waals surface area contributed by atoms with Gasteiger partial charge in [0.15, 0.2) is 0 Å². The van der Waals surface area contributed by atoms with Crippen molar-refractivity contribution in [2.75, 3.05) is 12.3 Å². The summed E-state index contributed by atoms with van der Waals surface area (Å²) in [6.45, 7) is 9.91. The van der Waals surface area contributed by atoms with Crippen LogP contribution in [-0.4, -0.2) is 15.0 Å². The molecule has 0 fully saturated rings. The number of halogens is 1. The van der Waals surface area contributed by atoms with E-state index >= 15 is 0 Å². The van der Waals surface area contributed by atoms with Gasteiger partial charge in [0.1, 0.15) is 5.82 Å². The van der Waals surface area contributed by atoms with E-state index in [1.54, 1.807) is 6.92 Å². The summed E-state index contributed by atoms with van der Waals surface area (Å²) in [5.74, 6) is -0.284. The van der Waals surface area contributed by atoms with E-state index in [9.17, 15) is 12.8 Å². The number of hydrogen-bond donors (Lipinski definition) is 2. The van der Waals surface area contributed by atoms with Gasteiger partial charge in [-0.15, -0.1) is 0 Å². The molecule has 0 radical (unpaired) electrons. The predicted octanol–water partition coefficient (Wildman–Crippen LogP) is 2.68. The molecule has 0 aliphatic carbocycles. The number of sulfonamides is 1. The Bertz CT molecular complexity index is 595. The van der Waals surface area contributed by atoms with Gasteiger partial charge >= 0.3 is 0 Å². The lowest BCUT2D eigenvalue weighted by Crippen LogP contribution is -2.37. The van der Waals surface area contributed by atoms with Gasteiger partial charge in [-0.3, -0.25) is 0 Å². The van der Waals surface area contributed by atoms with Crippen molar-refractivity contribution >= 4 is 15.7 Å². The molecule has 0 aliphatic heterocycles. The van der Waals surface area contributed by atoms with Crippen LogP contribution in [0.1, 0.15) is 33.3 Å². The number of benzene rings is 1. The quantitative estimate of drug-likeness (QED) is 0.821. The Morgan fingerprint density at radius 1 is 1.35 bits per heavy atom. The Labute approximate surface area is 120 Å². The SMILES string of the molecule is Cc1cc(F)c(N)cc1S(=O)(=O)NCC(C)(C)C(C)C. The zero-order chi connectivity index (χ0) is 15.7. The van der Waals surface area contributed by atoms with Gasteiger partial charge in [0, 0.05) is 6.54 Å². The topological polar surface area (TPSA) is 72.2 Å². The minimum atomic E-state index is -3.69. The minimum Gasteiger partial charge on any atom is -0.396 e. The number of nitrogens with two attached hydrogens (primary N) is 1. The molecule has 0 amide bonds. The second-order valence-corrected chi connectivity index (χ2v) is 7.84. The Balaban J connectivity index is 3.04. The van der Waals surface area contributed by atoms with Crippen LogP contribution in [-0.2, 0) is 10.0 Å². The van der Waals surface area contributed by atoms with E-state index in [0.717, 1.165) is 12.1 Å². The Kier molecular flexibility index (Phi) is 4.82. The average Bonchev–Trinajstić information content (AvgIpc) is 2.31. The summed E-state index contributed by atoms with van der Waals surface area (Å²) in [5.41, 5.74) is 5.45. The largest absolute Gasteiger partial charge is 0.396 e. The summed E-state index contributed by atoms with van der Waals surface area (Å²) in [4.78, 5) is 0.0240. The summed E-state index contributed by atoms with van der Waals surface area (Å²) >= 11 is 0. The van der Waals surface area contributed by atoms with Gasteiger partial charge in [0.2, 0.25) is 10.0 Å². The van der Waals surface area contributed by atoms with E-state index in [1.165, 1.54) is 0 Å². The summed E-state index contributed by atoms with van der Waals surface area (Å²) in [5, 5.41) is 0. The molecule has 0 heterocycles. The van der Waals surface area contributed by atoms with Crippen molar-refractivity contribution in [2.24, 2.45) is 11.3 Å². The lowest BCUT2D eigenvalue weighted by atomic mass is 9.81. The van der Waals surface area contributed by atoms with Gasteiger partial charge in [-0.1, -0.05) is 27.7 Å². The molecule has 1 aromatic carbocycles. The molecule has 1 aromatic rings. The highest BCUT2D eigenvalue weighted by Crippen LogP contribution is 2.26. The average molecular weight is 302 g/mol. The number of aryl methyl sites for hydroxylation is 1. The Morgan fingerprint density at radius 3 is 2.40 bits per heavy atom. The fourth-order valence-corrected chi connectivity index (χ4v) is 3.00. The second kappa shape index (κ2) is 5.69. The number of anilines is 1. The van der Waals surface area contributed by atoms with Crippen molar-refractivity contribution in [3.05, 3.63) is 23.5 Å². The summed E-state index contributed by atoms with van der Waals surface area (Å²) in [6.07, 6.45) is 0. The summed E-state index contributed by atoms with van der Waals surface area (Å²) in [7, 11) is -3.69. The Hall–Kier alpha value is -1.14. The number of rotatable bonds is 5. The van der Waals surface area contributed by atoms with Crippen LogP contribution in [0, 0.1) is 24.1 Å². The first-order chi connectivity index (χ1) is 8.97. The zero-order valence-electron chi connectivity index (χ0n) is 12.6. The standard InChI is InChI=1S/C14H23FN2O2S/c1-9(2)14(4,5)8-17-20(18,19)13-7-12(16)11(15)6-10(13)3/h6-7,9,17H,8,16H2,1-5H3. The second-order valence-electron chi connectivity index (χ2n) is 6.11. The summed E-state index contributed by atoms with van der Waals surface area (Å²) in [6, 6.07) is 2.30. The molecule has 20 heavy (non-hydrogen) atoms. The van der Waals surface area contributed by atoms with Gasteiger partial charge in [0.25, 0.3) is 0 Å². The van der Waals surface area contributed by atoms with E-state index in [1.807, 2.05) is 27.7 Å². The first-order valence-electron chi connectivity index (χ1n) is 6.52. The summed E-state index contributed by atoms with van der Waals surface area (Å²) < 4.78 is 40.5. The number of nitrogen functional groups attached to an aromatic ring is 1. The molecule has 3 N–H and O–H groups in total. The molecular weight excluding hydrogens is 279 g/mol. The maximum atomic E-state index is 13.3. The smallest absolute Gasteiger partial charge is 0.240 e. The third-order valence-corrected chi connectivity index (χ3v) is 5.41. The highest BCUT2D eigenvalue weighted by molar-refractivity contribution is 7.89. The van der Waals surface area contributed by atoms with Crippen LogP contribution >= 0.6 is 0 Å². The van der Waals surface area contributed by atoms with Crippen molar-refractivity contribution in [3.8, 4) is 0 Å². The molecule has 0 aromatic heterocycles. The van der Waals surface area contributed by atoms with Gasteiger partial charge < -0.3 is 5.73 Å². The number of hydrogen-bond acceptors (Lipinski definition) is 3. The number of nitrogens with one attached hydrogen (secondary N) is 1. The van der Waals surface area contributed by atoms with Crippen molar-refractivity contribution in [1.29, 1.82) is 0 Å². The van der Waals surface area contributed by atoms with Crippen LogP contribution in [0.2, 0.25) is 0 Å². The first-order valence-corrected chi connectivity index (χ1v) is 8.01. The molecule has 114 valence electrons. The molecular formula is C14H23FN2O2S. The minimum absolute atomic E-state index is 0.0240. The Morgan fingerprint density at radius 2 is 1.90 bits per heavy atom. The highest BCUT2D eigenvalue weighted by Gasteiger charge is 2.26. The predicted molar refractivity (Wildman–Crippen MR) is 79.4 cm³/mol. The van der Waals surface area contributed by atoms with Gasteiger partial charge in [0.05, 0.1) is 10.6 Å². The third-order valence-electron chi connectivity index (χ3n) is 3.86. The molecule has 1 rings (SSSR count). The monoisotopic (exact) mass is 302 g/mol. The lowest BCUT2D eigenvalue weighted by Gasteiger charge is -2.29. The van der Waals surface area contributed by atoms with Gasteiger partial charge in [-0.2, -0.15) is 0 Å². The fraction of sp³-hybridized carbons (Fsp3) is 0.571. The van der Waals surface area contributed by atoms with E-state index in [4.69, 9.17) is 5.73 Å². The van der Waals surface area contributed by atoms with Crippen LogP contribution < -0.4 is 10.5 Å². The lowest BCUT2D eigenvalue weighted by molar-refractivity contribution is 0.252.